The van der Waals surface area contributed by atoms with E-state index < -0.39 is 0 Å². The number of fused-ring (bicyclic) bond motifs is 3. The fraction of sp³-hybridized carbons (Fsp3) is 0.222. The molecule has 4 heterocycles. The van der Waals surface area contributed by atoms with Crippen LogP contribution >= 0.6 is 0 Å². The van der Waals surface area contributed by atoms with Crippen LogP contribution in [-0.2, 0) is 13.0 Å². The van der Waals surface area contributed by atoms with E-state index in [2.05, 4.69) is 81.3 Å². The highest BCUT2D eigenvalue weighted by Gasteiger charge is 2.26. The van der Waals surface area contributed by atoms with Crippen LogP contribution in [0.3, 0.4) is 0 Å². The van der Waals surface area contributed by atoms with E-state index in [9.17, 15) is 0 Å². The monoisotopic (exact) mass is 463 g/mol. The number of nitrogens with zero attached hydrogens (tertiary/aromatic N) is 6. The Kier molecular flexibility index (Phi) is 4.95. The number of imidazole rings is 1. The summed E-state index contributed by atoms with van der Waals surface area (Å²) >= 11 is 0. The van der Waals surface area contributed by atoms with Crippen LogP contribution in [-0.4, -0.2) is 35.2 Å². The van der Waals surface area contributed by atoms with Gasteiger partial charge in [0.1, 0.15) is 23.7 Å². The van der Waals surface area contributed by atoms with Gasteiger partial charge in [-0.1, -0.05) is 31.2 Å². The van der Waals surface area contributed by atoms with Gasteiger partial charge in [0.25, 0.3) is 0 Å². The second-order valence-electron chi connectivity index (χ2n) is 8.83. The van der Waals surface area contributed by atoms with Crippen molar-refractivity contribution in [2.45, 2.75) is 40.7 Å². The highest BCUT2D eigenvalue weighted by atomic mass is 16.5. The summed E-state index contributed by atoms with van der Waals surface area (Å²) in [5.74, 6) is 2.35. The Bertz CT molecular complexity index is 1610. The maximum absolute atomic E-state index is 6.45. The first-order valence-electron chi connectivity index (χ1n) is 11.7. The van der Waals surface area contributed by atoms with Gasteiger partial charge in [-0.05, 0) is 60.4 Å². The molecule has 0 fully saturated rings. The lowest BCUT2D eigenvalue weighted by atomic mass is 9.88. The van der Waals surface area contributed by atoms with Crippen molar-refractivity contribution in [3.63, 3.8) is 0 Å². The second kappa shape index (κ2) is 8.16. The summed E-state index contributed by atoms with van der Waals surface area (Å²) in [6, 6.07) is 14.6. The zero-order chi connectivity index (χ0) is 24.1. The molecule has 0 radical (unpaired) electrons. The summed E-state index contributed by atoms with van der Waals surface area (Å²) in [5, 5.41) is 14.9. The molecule has 0 saturated heterocycles. The highest BCUT2D eigenvalue weighted by Crippen LogP contribution is 2.43. The van der Waals surface area contributed by atoms with E-state index in [1.54, 1.807) is 0 Å². The topological polar surface area (TPSA) is 94.4 Å². The first-order chi connectivity index (χ1) is 17.1. The quantitative estimate of drug-likeness (QED) is 0.405. The van der Waals surface area contributed by atoms with E-state index in [4.69, 9.17) is 9.72 Å². The number of aryl methyl sites for hydroxylation is 3. The number of ether oxygens (including phenoxy) is 1. The normalized spacial score (nSPS) is 14.3. The fourth-order valence-electron chi connectivity index (χ4n) is 4.95. The lowest BCUT2D eigenvalue weighted by molar-refractivity contribution is 0.307. The first-order valence-corrected chi connectivity index (χ1v) is 11.7. The molecule has 0 spiro atoms. The molecular formula is C27H25N7O. The lowest BCUT2D eigenvalue weighted by Crippen LogP contribution is -2.04. The van der Waals surface area contributed by atoms with E-state index in [0.29, 0.717) is 12.4 Å². The Morgan fingerprint density at radius 3 is 2.77 bits per heavy atom. The lowest BCUT2D eigenvalue weighted by Gasteiger charge is -2.18. The molecule has 0 atom stereocenters. The fourth-order valence-corrected chi connectivity index (χ4v) is 4.95. The van der Waals surface area contributed by atoms with Crippen molar-refractivity contribution in [3.05, 3.63) is 88.1 Å². The number of hydrogen-bond acceptors (Lipinski definition) is 6. The van der Waals surface area contributed by atoms with Crippen molar-refractivity contribution in [2.75, 3.05) is 0 Å². The Labute approximate surface area is 202 Å². The number of H-pyrrole nitrogens is 1. The number of pyridine rings is 1. The van der Waals surface area contributed by atoms with Gasteiger partial charge < -0.3 is 4.74 Å². The van der Waals surface area contributed by atoms with Gasteiger partial charge in [-0.15, -0.1) is 10.2 Å². The molecule has 5 aromatic rings. The number of rotatable bonds is 3. The van der Waals surface area contributed by atoms with Crippen LogP contribution in [0.5, 0.6) is 5.75 Å². The molecule has 0 amide bonds. The maximum Gasteiger partial charge on any atom is 0.201 e. The van der Waals surface area contributed by atoms with Gasteiger partial charge in [0.15, 0.2) is 5.65 Å². The Balaban J connectivity index is 1.63. The number of nitrogens with one attached hydrogen (secondary N) is 1. The van der Waals surface area contributed by atoms with Crippen LogP contribution < -0.4 is 4.74 Å². The largest absolute Gasteiger partial charge is 0.488 e. The third-order valence-electron chi connectivity index (χ3n) is 6.65. The number of aromatic amines is 1. The molecule has 0 bridgehead atoms. The second-order valence-corrected chi connectivity index (χ2v) is 8.83. The smallest absolute Gasteiger partial charge is 0.201 e. The first kappa shape index (κ1) is 21.2. The minimum atomic E-state index is 0.470. The Morgan fingerprint density at radius 1 is 1.11 bits per heavy atom. The van der Waals surface area contributed by atoms with Crippen LogP contribution in [0.25, 0.3) is 28.0 Å². The Hall–Kier alpha value is -4.33. The van der Waals surface area contributed by atoms with Gasteiger partial charge in [-0.3, -0.25) is 4.57 Å². The molecule has 1 aliphatic heterocycles. The average Bonchev–Trinajstić information content (AvgIpc) is 3.50. The van der Waals surface area contributed by atoms with E-state index in [0.717, 1.165) is 73.8 Å². The van der Waals surface area contributed by atoms with E-state index in [1.807, 2.05) is 25.3 Å². The van der Waals surface area contributed by atoms with Crippen molar-refractivity contribution in [3.8, 4) is 11.4 Å². The number of benzene rings is 2. The van der Waals surface area contributed by atoms with Crippen molar-refractivity contribution in [1.82, 2.24) is 35.2 Å². The van der Waals surface area contributed by atoms with Gasteiger partial charge in [0.05, 0.1) is 5.69 Å². The number of aromatic nitrogens is 7. The molecule has 8 heteroatoms. The average molecular weight is 464 g/mol. The molecule has 6 rings (SSSR count). The summed E-state index contributed by atoms with van der Waals surface area (Å²) in [7, 11) is 0. The predicted octanol–water partition coefficient (Wildman–Crippen LogP) is 4.98. The third kappa shape index (κ3) is 3.32. The van der Waals surface area contributed by atoms with Crippen LogP contribution in [0.1, 0.15) is 53.3 Å². The molecule has 1 N–H and O–H groups in total. The molecule has 0 unspecified atom stereocenters. The van der Waals surface area contributed by atoms with Gasteiger partial charge in [-0.2, -0.15) is 5.21 Å². The van der Waals surface area contributed by atoms with Crippen molar-refractivity contribution in [2.24, 2.45) is 0 Å². The molecule has 0 aliphatic carbocycles. The molecule has 0 saturated carbocycles. The minimum absolute atomic E-state index is 0.470. The predicted molar refractivity (Wildman–Crippen MR) is 134 cm³/mol. The molecule has 3 aromatic heterocycles. The van der Waals surface area contributed by atoms with E-state index in [-0.39, 0.29) is 0 Å². The van der Waals surface area contributed by atoms with Gasteiger partial charge in [0, 0.05) is 35.4 Å². The third-order valence-corrected chi connectivity index (χ3v) is 6.65. The highest BCUT2D eigenvalue weighted by molar-refractivity contribution is 6.00. The molecule has 174 valence electrons. The summed E-state index contributed by atoms with van der Waals surface area (Å²) in [5.41, 5.74) is 10.2. The number of allylic oxidation sites excluding steroid dienone is 1. The maximum atomic E-state index is 6.45. The molecule has 2 aromatic carbocycles. The summed E-state index contributed by atoms with van der Waals surface area (Å²) in [6.45, 7) is 8.81. The van der Waals surface area contributed by atoms with Gasteiger partial charge in [0.2, 0.25) is 5.82 Å². The molecular weight excluding hydrogens is 438 g/mol. The summed E-state index contributed by atoms with van der Waals surface area (Å²) in [6.07, 6.45) is 2.63. The zero-order valence-electron chi connectivity index (χ0n) is 20.1. The standard InChI is InChI=1S/C27H25N7O/c1-5-22-29-25-15(2)10-11-28-27(25)34(22)19-12-16(3)23-21(13-19)35-14-18-8-6-7-9-20(18)24(23)17(4)26-30-32-33-31-26/h6-13H,5,14H2,1-4H3,(H,30,31,32,33)/b24-17+. The van der Waals surface area contributed by atoms with Crippen LogP contribution in [0.4, 0.5) is 0 Å². The van der Waals surface area contributed by atoms with Crippen molar-refractivity contribution in [1.29, 1.82) is 0 Å². The molecule has 35 heavy (non-hydrogen) atoms. The number of hydrogen-bond donors (Lipinski definition) is 1. The van der Waals surface area contributed by atoms with Crippen molar-refractivity contribution >= 4 is 22.3 Å². The van der Waals surface area contributed by atoms with Gasteiger partial charge in [-0.25, -0.2) is 9.97 Å². The van der Waals surface area contributed by atoms with E-state index in [1.165, 1.54) is 0 Å². The van der Waals surface area contributed by atoms with Crippen molar-refractivity contribution < 1.29 is 4.74 Å². The zero-order valence-corrected chi connectivity index (χ0v) is 20.1. The minimum Gasteiger partial charge on any atom is -0.488 e. The molecule has 8 nitrogen and oxygen atoms in total. The van der Waals surface area contributed by atoms with E-state index >= 15 is 0 Å². The van der Waals surface area contributed by atoms with Crippen LogP contribution in [0, 0.1) is 13.8 Å². The summed E-state index contributed by atoms with van der Waals surface area (Å²) in [4.78, 5) is 9.58. The Morgan fingerprint density at radius 2 is 1.97 bits per heavy atom. The van der Waals surface area contributed by atoms with Gasteiger partial charge >= 0.3 is 0 Å². The number of tetrazole rings is 1. The summed E-state index contributed by atoms with van der Waals surface area (Å²) < 4.78 is 8.59. The van der Waals surface area contributed by atoms with Crippen LogP contribution in [0.15, 0.2) is 48.7 Å². The molecule has 1 aliphatic rings. The van der Waals surface area contributed by atoms with Crippen LogP contribution in [0.2, 0.25) is 0 Å². The SMILES string of the molecule is CCc1nc2c(C)ccnc2n1-c1cc(C)c2c(c1)OCc1ccccc1/C2=C(/C)c1nn[nH]n1.